The fourth-order valence-corrected chi connectivity index (χ4v) is 5.48. The van der Waals surface area contributed by atoms with Crippen LogP contribution in [0.1, 0.15) is 26.7 Å². The van der Waals surface area contributed by atoms with E-state index < -0.39 is 21.2 Å². The first-order chi connectivity index (χ1) is 8.48. The lowest BCUT2D eigenvalue weighted by molar-refractivity contribution is -0.112. The second-order valence-electron chi connectivity index (χ2n) is 5.43. The minimum absolute atomic E-state index is 0.000998. The van der Waals surface area contributed by atoms with Gasteiger partial charge in [0.1, 0.15) is 6.29 Å². The molecule has 4 atom stereocenters. The molecule has 2 aliphatic rings. The van der Waals surface area contributed by atoms with E-state index in [1.807, 2.05) is 26.0 Å². The number of allylic oxidation sites excluding steroid dienone is 2. The molecular weight excluding hydrogens is 250 g/mol. The zero-order valence-electron chi connectivity index (χ0n) is 11.0. The Bertz CT molecular complexity index is 437. The van der Waals surface area contributed by atoms with Gasteiger partial charge in [-0.2, -0.15) is 0 Å². The Labute approximate surface area is 109 Å². The van der Waals surface area contributed by atoms with Gasteiger partial charge in [0.15, 0.2) is 0 Å². The van der Waals surface area contributed by atoms with Crippen molar-refractivity contribution in [2.45, 2.75) is 31.9 Å². The number of aldehydes is 1. The predicted molar refractivity (Wildman–Crippen MR) is 70.5 cm³/mol. The third-order valence-electron chi connectivity index (χ3n) is 4.15. The van der Waals surface area contributed by atoms with E-state index in [-0.39, 0.29) is 11.8 Å². The number of carbonyl (C=O) groups excluding carboxylic acids is 1. The Morgan fingerprint density at radius 2 is 1.67 bits per heavy atom. The number of nitrogens with zero attached hydrogens (tertiary/aromatic N) is 1. The molecule has 0 spiro atoms. The van der Waals surface area contributed by atoms with E-state index >= 15 is 0 Å². The molecule has 4 nitrogen and oxygen atoms in total. The molecule has 0 saturated carbocycles. The van der Waals surface area contributed by atoms with Gasteiger partial charge < -0.3 is 4.79 Å². The normalized spacial score (nSPS) is 37.9. The highest BCUT2D eigenvalue weighted by Crippen LogP contribution is 2.34. The van der Waals surface area contributed by atoms with Gasteiger partial charge in [-0.25, -0.2) is 12.7 Å². The first kappa shape index (κ1) is 13.7. The molecule has 1 fully saturated rings. The van der Waals surface area contributed by atoms with Crippen LogP contribution in [0, 0.1) is 17.8 Å². The van der Waals surface area contributed by atoms with Crippen LogP contribution in [0.4, 0.5) is 0 Å². The minimum Gasteiger partial charge on any atom is -0.303 e. The third-order valence-corrected chi connectivity index (χ3v) is 6.67. The minimum atomic E-state index is -3.35. The van der Waals surface area contributed by atoms with Crippen molar-refractivity contribution < 1.29 is 13.2 Å². The van der Waals surface area contributed by atoms with Crippen molar-refractivity contribution in [2.75, 3.05) is 13.1 Å². The van der Waals surface area contributed by atoms with Gasteiger partial charge in [0.05, 0.1) is 5.25 Å². The molecule has 102 valence electrons. The van der Waals surface area contributed by atoms with Gasteiger partial charge in [-0.05, 0) is 24.7 Å². The van der Waals surface area contributed by atoms with Crippen LogP contribution in [0.25, 0.3) is 0 Å². The second kappa shape index (κ2) is 5.13. The molecule has 1 aliphatic heterocycles. The molecule has 0 aromatic heterocycles. The molecule has 0 N–H and O–H groups in total. The molecule has 4 unspecified atom stereocenters. The number of sulfonamides is 1. The van der Waals surface area contributed by atoms with E-state index in [0.29, 0.717) is 13.1 Å². The maximum Gasteiger partial charge on any atom is 0.218 e. The molecule has 0 bridgehead atoms. The molecular formula is C13H21NO3S. The highest BCUT2D eigenvalue weighted by molar-refractivity contribution is 7.89. The molecule has 1 saturated heterocycles. The maximum atomic E-state index is 12.6. The molecule has 1 heterocycles. The summed E-state index contributed by atoms with van der Waals surface area (Å²) in [6.07, 6.45) is 6.57. The average Bonchev–Trinajstić information content (AvgIpc) is 2.85. The summed E-state index contributed by atoms with van der Waals surface area (Å²) in [5.74, 6) is -0.515. The third kappa shape index (κ3) is 2.26. The summed E-state index contributed by atoms with van der Waals surface area (Å²) in [7, 11) is -3.35. The first-order valence-electron chi connectivity index (χ1n) is 6.61. The molecule has 0 amide bonds. The van der Waals surface area contributed by atoms with Gasteiger partial charge in [0.25, 0.3) is 0 Å². The fourth-order valence-electron chi connectivity index (χ4n) is 3.02. The molecule has 0 aromatic carbocycles. The number of hydrogen-bond acceptors (Lipinski definition) is 3. The first-order valence-corrected chi connectivity index (χ1v) is 8.11. The van der Waals surface area contributed by atoms with Crippen LogP contribution >= 0.6 is 0 Å². The van der Waals surface area contributed by atoms with Crippen molar-refractivity contribution in [3.05, 3.63) is 12.2 Å². The van der Waals surface area contributed by atoms with Crippen LogP contribution < -0.4 is 0 Å². The Hall–Kier alpha value is -0.680. The van der Waals surface area contributed by atoms with E-state index in [2.05, 4.69) is 0 Å². The van der Waals surface area contributed by atoms with Crippen molar-refractivity contribution in [3.63, 3.8) is 0 Å². The topological polar surface area (TPSA) is 54.5 Å². The summed E-state index contributed by atoms with van der Waals surface area (Å²) >= 11 is 0. The van der Waals surface area contributed by atoms with E-state index in [4.69, 9.17) is 0 Å². The quantitative estimate of drug-likeness (QED) is 0.576. The number of hydrogen-bond donors (Lipinski definition) is 0. The zero-order valence-corrected chi connectivity index (χ0v) is 11.8. The Morgan fingerprint density at radius 1 is 1.11 bits per heavy atom. The van der Waals surface area contributed by atoms with E-state index in [1.165, 1.54) is 0 Å². The zero-order chi connectivity index (χ0) is 13.3. The highest BCUT2D eigenvalue weighted by atomic mass is 32.2. The molecule has 5 heteroatoms. The van der Waals surface area contributed by atoms with E-state index in [9.17, 15) is 13.2 Å². The van der Waals surface area contributed by atoms with Crippen LogP contribution in [-0.2, 0) is 14.8 Å². The highest BCUT2D eigenvalue weighted by Gasteiger charge is 2.44. The molecule has 1 aliphatic carbocycles. The monoisotopic (exact) mass is 271 g/mol. The summed E-state index contributed by atoms with van der Waals surface area (Å²) in [5.41, 5.74) is 0. The summed E-state index contributed by atoms with van der Waals surface area (Å²) in [6.45, 7) is 5.01. The van der Waals surface area contributed by atoms with Crippen molar-refractivity contribution in [3.8, 4) is 0 Å². The Balaban J connectivity index is 2.34. The number of carbonyl (C=O) groups is 1. The smallest absolute Gasteiger partial charge is 0.218 e. The summed E-state index contributed by atoms with van der Waals surface area (Å²) in [6, 6.07) is 0. The molecule has 0 aromatic rings. The lowest BCUT2D eigenvalue weighted by Crippen LogP contribution is -2.47. The molecule has 0 radical (unpaired) electrons. The lowest BCUT2D eigenvalue weighted by atomic mass is 9.81. The van der Waals surface area contributed by atoms with Crippen LogP contribution in [0.5, 0.6) is 0 Å². The lowest BCUT2D eigenvalue weighted by Gasteiger charge is -2.35. The van der Waals surface area contributed by atoms with Crippen molar-refractivity contribution >= 4 is 16.3 Å². The van der Waals surface area contributed by atoms with E-state index in [0.717, 1.165) is 19.1 Å². The largest absolute Gasteiger partial charge is 0.303 e. The van der Waals surface area contributed by atoms with Crippen molar-refractivity contribution in [2.24, 2.45) is 17.8 Å². The van der Waals surface area contributed by atoms with Gasteiger partial charge in [0, 0.05) is 19.0 Å². The van der Waals surface area contributed by atoms with Crippen molar-refractivity contribution in [1.82, 2.24) is 4.31 Å². The fraction of sp³-hybridized carbons (Fsp3) is 0.769. The summed E-state index contributed by atoms with van der Waals surface area (Å²) < 4.78 is 26.9. The second-order valence-corrected chi connectivity index (χ2v) is 7.52. The van der Waals surface area contributed by atoms with Crippen LogP contribution in [0.15, 0.2) is 12.2 Å². The predicted octanol–water partition coefficient (Wildman–Crippen LogP) is 1.44. The van der Waals surface area contributed by atoms with Crippen LogP contribution in [0.2, 0.25) is 0 Å². The maximum absolute atomic E-state index is 12.6. The average molecular weight is 271 g/mol. The van der Waals surface area contributed by atoms with E-state index in [1.54, 1.807) is 4.31 Å². The Morgan fingerprint density at radius 3 is 2.22 bits per heavy atom. The van der Waals surface area contributed by atoms with Gasteiger partial charge >= 0.3 is 0 Å². The summed E-state index contributed by atoms with van der Waals surface area (Å²) in [4.78, 5) is 11.3. The van der Waals surface area contributed by atoms with Gasteiger partial charge in [-0.15, -0.1) is 0 Å². The SMILES string of the molecule is CC1C=CC(C)C(S(=O)(=O)N2CCCC2)C1C=O. The molecule has 18 heavy (non-hydrogen) atoms. The van der Waals surface area contributed by atoms with Crippen LogP contribution in [-0.4, -0.2) is 37.3 Å². The van der Waals surface area contributed by atoms with Crippen LogP contribution in [0.3, 0.4) is 0 Å². The van der Waals surface area contributed by atoms with Crippen molar-refractivity contribution in [1.29, 1.82) is 0 Å². The van der Waals surface area contributed by atoms with Gasteiger partial charge in [-0.1, -0.05) is 26.0 Å². The number of rotatable bonds is 3. The Kier molecular flexibility index (Phi) is 3.92. The van der Waals surface area contributed by atoms with Gasteiger partial charge in [-0.3, -0.25) is 0 Å². The summed E-state index contributed by atoms with van der Waals surface area (Å²) in [5, 5.41) is -0.590. The standard InChI is InChI=1S/C13H21NO3S/c1-10-5-6-11(2)13(12(10)9-15)18(16,17)14-7-3-4-8-14/h5-6,9-13H,3-4,7-8H2,1-2H3. The van der Waals surface area contributed by atoms with Gasteiger partial charge in [0.2, 0.25) is 10.0 Å². The molecule has 2 rings (SSSR count).